The van der Waals surface area contributed by atoms with Crippen molar-refractivity contribution in [2.45, 2.75) is 43.0 Å². The van der Waals surface area contributed by atoms with Crippen LogP contribution in [0.15, 0.2) is 59.8 Å². The van der Waals surface area contributed by atoms with Gasteiger partial charge in [0.2, 0.25) is 0 Å². The number of halogens is 7. The first-order valence-electron chi connectivity index (χ1n) is 11.6. The normalized spacial score (nSPS) is 13.9. The SMILES string of the molecule is O=C(O[C@@H](Cc1c(Cl)c[nH+]cc1Cl)c1ccc(OC(F)F)c(OCC2CC2)c1)Sc1ccccc1C(F)(F)F.[OH-]. The lowest BCUT2D eigenvalue weighted by molar-refractivity contribution is -0.377. The van der Waals surface area contributed by atoms with E-state index in [0.717, 1.165) is 25.0 Å². The van der Waals surface area contributed by atoms with Crippen molar-refractivity contribution in [1.29, 1.82) is 0 Å². The monoisotopic (exact) mass is 625 g/mol. The Balaban J connectivity index is 0.00000441. The fraction of sp³-hybridized carbons (Fsp3) is 0.308. The second-order valence-electron chi connectivity index (χ2n) is 8.63. The largest absolute Gasteiger partial charge is 0.870 e. The van der Waals surface area contributed by atoms with E-state index in [1.165, 1.54) is 42.7 Å². The van der Waals surface area contributed by atoms with E-state index in [-0.39, 0.29) is 56.7 Å². The molecule has 0 spiro atoms. The summed E-state index contributed by atoms with van der Waals surface area (Å²) < 4.78 is 82.2. The summed E-state index contributed by atoms with van der Waals surface area (Å²) in [6.45, 7) is -2.82. The van der Waals surface area contributed by atoms with Crippen molar-refractivity contribution < 1.29 is 51.4 Å². The molecule has 1 fully saturated rings. The molecule has 3 aromatic rings. The average molecular weight is 626 g/mol. The maximum absolute atomic E-state index is 13.4. The number of carbonyl (C=O) groups excluding carboxylic acids is 1. The summed E-state index contributed by atoms with van der Waals surface area (Å²) in [5, 5.41) is -0.581. The van der Waals surface area contributed by atoms with Gasteiger partial charge in [-0.2, -0.15) is 22.0 Å². The Morgan fingerprint density at radius 2 is 1.73 bits per heavy atom. The average Bonchev–Trinajstić information content (AvgIpc) is 3.69. The van der Waals surface area contributed by atoms with E-state index < -0.39 is 29.8 Å². The molecule has 1 atom stereocenters. The van der Waals surface area contributed by atoms with Crippen LogP contribution in [-0.2, 0) is 17.3 Å². The van der Waals surface area contributed by atoms with Crippen LogP contribution >= 0.6 is 35.0 Å². The number of hydrogen-bond acceptors (Lipinski definition) is 6. The van der Waals surface area contributed by atoms with Crippen molar-refractivity contribution in [3.63, 3.8) is 0 Å². The summed E-state index contributed by atoms with van der Waals surface area (Å²) in [5.74, 6) is 0.0951. The van der Waals surface area contributed by atoms with Gasteiger partial charge in [-0.3, -0.25) is 0 Å². The fourth-order valence-corrected chi connectivity index (χ4v) is 4.94. The van der Waals surface area contributed by atoms with Gasteiger partial charge >= 0.3 is 18.1 Å². The van der Waals surface area contributed by atoms with Crippen LogP contribution in [0.2, 0.25) is 10.0 Å². The van der Waals surface area contributed by atoms with E-state index in [1.807, 2.05) is 0 Å². The Labute approximate surface area is 240 Å². The number of H-pyrrole nitrogens is 1. The van der Waals surface area contributed by atoms with Crippen LogP contribution in [0.5, 0.6) is 11.5 Å². The molecule has 216 valence electrons. The molecule has 1 heterocycles. The zero-order chi connectivity index (χ0) is 28.2. The number of aromatic nitrogens is 1. The summed E-state index contributed by atoms with van der Waals surface area (Å²) in [5.41, 5.74) is -0.290. The highest BCUT2D eigenvalue weighted by molar-refractivity contribution is 8.13. The van der Waals surface area contributed by atoms with E-state index in [1.54, 1.807) is 0 Å². The van der Waals surface area contributed by atoms with Crippen molar-refractivity contribution in [3.8, 4) is 11.5 Å². The van der Waals surface area contributed by atoms with E-state index in [4.69, 9.17) is 32.7 Å². The first-order chi connectivity index (χ1) is 18.5. The Kier molecular flexibility index (Phi) is 10.9. The molecule has 0 saturated heterocycles. The number of ether oxygens (including phenoxy) is 3. The zero-order valence-corrected chi connectivity index (χ0v) is 22.7. The smallest absolute Gasteiger partial charge is 0.417 e. The van der Waals surface area contributed by atoms with Gasteiger partial charge in [0, 0.05) is 16.9 Å². The minimum absolute atomic E-state index is 0. The molecular weight excluding hydrogens is 604 g/mol. The Morgan fingerprint density at radius 1 is 1.05 bits per heavy atom. The summed E-state index contributed by atoms with van der Waals surface area (Å²) in [6.07, 6.45) is -1.06. The first-order valence-corrected chi connectivity index (χ1v) is 13.2. The number of aromatic amines is 1. The third-order valence-corrected chi connectivity index (χ3v) is 7.25. The maximum Gasteiger partial charge on any atom is 0.417 e. The molecule has 1 aliphatic rings. The quantitative estimate of drug-likeness (QED) is 0.128. The van der Waals surface area contributed by atoms with Gasteiger partial charge in [0.05, 0.1) is 12.2 Å². The molecule has 4 rings (SSSR count). The predicted octanol–water partition coefficient (Wildman–Crippen LogP) is 8.25. The summed E-state index contributed by atoms with van der Waals surface area (Å²) in [4.78, 5) is 15.3. The van der Waals surface area contributed by atoms with Gasteiger partial charge in [0.15, 0.2) is 23.9 Å². The molecular formula is C26H22Cl2F5NO5S. The zero-order valence-electron chi connectivity index (χ0n) is 20.4. The van der Waals surface area contributed by atoms with Gasteiger partial charge in [-0.25, -0.2) is 9.78 Å². The number of rotatable bonds is 10. The standard InChI is InChI=1S/C26H20Cl2F5NO4S.H2O/c27-18-11-34-12-19(28)16(18)10-21(38-25(35)39-23-4-2-1-3-17(23)26(31,32)33)15-7-8-20(37-24(29)30)22(9-15)36-13-14-5-6-14;/h1-4,7-9,11-12,14,21,24H,5-6,10,13H2;1H2/t21-;/m0./s1. The second kappa shape index (κ2) is 13.7. The third-order valence-electron chi connectivity index (χ3n) is 5.74. The summed E-state index contributed by atoms with van der Waals surface area (Å²) in [7, 11) is 0. The van der Waals surface area contributed by atoms with Crippen LogP contribution < -0.4 is 14.5 Å². The molecule has 2 aromatic carbocycles. The van der Waals surface area contributed by atoms with Crippen molar-refractivity contribution in [1.82, 2.24) is 0 Å². The minimum Gasteiger partial charge on any atom is -0.870 e. The number of carbonyl (C=O) groups is 1. The van der Waals surface area contributed by atoms with Gasteiger partial charge in [-0.1, -0.05) is 41.4 Å². The van der Waals surface area contributed by atoms with Crippen molar-refractivity contribution >= 4 is 40.3 Å². The first kappa shape index (κ1) is 31.7. The maximum atomic E-state index is 13.4. The number of thioether (sulfide) groups is 1. The Hall–Kier alpha value is -2.80. The van der Waals surface area contributed by atoms with Gasteiger partial charge in [0.1, 0.15) is 16.1 Å². The van der Waals surface area contributed by atoms with Gasteiger partial charge in [0.25, 0.3) is 0 Å². The molecule has 0 radical (unpaired) electrons. The number of hydrogen-bond donors (Lipinski definition) is 0. The molecule has 0 unspecified atom stereocenters. The summed E-state index contributed by atoms with van der Waals surface area (Å²) >= 11 is 12.8. The highest BCUT2D eigenvalue weighted by Crippen LogP contribution is 2.40. The highest BCUT2D eigenvalue weighted by atomic mass is 35.5. The Morgan fingerprint density at radius 3 is 2.35 bits per heavy atom. The lowest BCUT2D eigenvalue weighted by Gasteiger charge is -2.21. The molecule has 1 aromatic heterocycles. The van der Waals surface area contributed by atoms with Crippen molar-refractivity contribution in [2.24, 2.45) is 5.92 Å². The highest BCUT2D eigenvalue weighted by Gasteiger charge is 2.34. The molecule has 40 heavy (non-hydrogen) atoms. The molecule has 1 aliphatic carbocycles. The van der Waals surface area contributed by atoms with Gasteiger partial charge in [-0.05, 0) is 60.4 Å². The van der Waals surface area contributed by atoms with E-state index in [0.29, 0.717) is 17.0 Å². The predicted molar refractivity (Wildman–Crippen MR) is 136 cm³/mol. The Bertz CT molecular complexity index is 1310. The molecule has 2 N–H and O–H groups in total. The number of benzene rings is 2. The number of pyridine rings is 1. The molecule has 0 bridgehead atoms. The fourth-order valence-electron chi connectivity index (χ4n) is 3.63. The topological polar surface area (TPSA) is 88.9 Å². The number of nitrogens with one attached hydrogen (secondary N) is 1. The molecule has 6 nitrogen and oxygen atoms in total. The minimum atomic E-state index is -4.68. The molecule has 1 saturated carbocycles. The van der Waals surface area contributed by atoms with Crippen molar-refractivity contribution in [3.05, 3.63) is 81.6 Å². The van der Waals surface area contributed by atoms with Crippen LogP contribution in [0.25, 0.3) is 0 Å². The molecule has 14 heteroatoms. The van der Waals surface area contributed by atoms with Gasteiger partial charge < -0.3 is 19.7 Å². The van der Waals surface area contributed by atoms with E-state index >= 15 is 0 Å². The molecule has 0 aliphatic heterocycles. The number of alkyl halides is 5. The summed E-state index contributed by atoms with van der Waals surface area (Å²) in [6, 6.07) is 8.63. The van der Waals surface area contributed by atoms with Crippen LogP contribution in [0.4, 0.5) is 26.7 Å². The molecule has 0 amide bonds. The second-order valence-corrected chi connectivity index (χ2v) is 10.4. The van der Waals surface area contributed by atoms with Crippen molar-refractivity contribution in [2.75, 3.05) is 6.61 Å². The van der Waals surface area contributed by atoms with Crippen LogP contribution in [0.3, 0.4) is 0 Å². The lowest BCUT2D eigenvalue weighted by atomic mass is 10.0. The third kappa shape index (κ3) is 8.60. The van der Waals surface area contributed by atoms with E-state index in [9.17, 15) is 26.7 Å². The van der Waals surface area contributed by atoms with Crippen LogP contribution in [0.1, 0.15) is 35.6 Å². The van der Waals surface area contributed by atoms with E-state index in [2.05, 4.69) is 9.72 Å². The van der Waals surface area contributed by atoms with Crippen LogP contribution in [0, 0.1) is 5.92 Å². The van der Waals surface area contributed by atoms with Crippen LogP contribution in [-0.4, -0.2) is 24.0 Å². The lowest BCUT2D eigenvalue weighted by Crippen LogP contribution is -2.14. The van der Waals surface area contributed by atoms with Gasteiger partial charge in [-0.15, -0.1) is 0 Å².